The lowest BCUT2D eigenvalue weighted by atomic mass is 10.2. The molecule has 9 heteroatoms. The third-order valence-electron chi connectivity index (χ3n) is 5.48. The molecule has 1 aliphatic heterocycles. The van der Waals surface area contributed by atoms with Gasteiger partial charge in [0.05, 0.1) is 15.2 Å². The largest absolute Gasteiger partial charge is 0.371 e. The van der Waals surface area contributed by atoms with Crippen molar-refractivity contribution in [1.29, 1.82) is 0 Å². The van der Waals surface area contributed by atoms with Gasteiger partial charge in [0.15, 0.2) is 0 Å². The zero-order valence-corrected chi connectivity index (χ0v) is 20.4. The number of nitrogens with zero attached hydrogens (tertiary/aromatic N) is 3. The van der Waals surface area contributed by atoms with E-state index in [4.69, 9.17) is 0 Å². The first kappa shape index (κ1) is 24.0. The molecular weight excluding hydrogens is 446 g/mol. The highest BCUT2D eigenvalue weighted by molar-refractivity contribution is 7.94. The van der Waals surface area contributed by atoms with Crippen molar-refractivity contribution < 1.29 is 16.8 Å². The van der Waals surface area contributed by atoms with Crippen LogP contribution in [0.5, 0.6) is 0 Å². The van der Waals surface area contributed by atoms with Gasteiger partial charge in [-0.1, -0.05) is 35.4 Å². The minimum absolute atomic E-state index is 0.168. The van der Waals surface area contributed by atoms with Crippen LogP contribution < -0.4 is 0 Å². The third kappa shape index (κ3) is 5.77. The summed E-state index contributed by atoms with van der Waals surface area (Å²) in [4.78, 5) is 4.33. The van der Waals surface area contributed by atoms with Crippen molar-refractivity contribution in [2.45, 2.75) is 37.5 Å². The molecule has 0 aliphatic carbocycles. The van der Waals surface area contributed by atoms with Gasteiger partial charge < -0.3 is 9.80 Å². The first-order valence-corrected chi connectivity index (χ1v) is 13.3. The molecule has 3 rings (SSSR count). The molecule has 1 aliphatic rings. The van der Waals surface area contributed by atoms with Crippen molar-refractivity contribution in [3.8, 4) is 0 Å². The van der Waals surface area contributed by atoms with E-state index in [9.17, 15) is 16.8 Å². The molecule has 1 heterocycles. The summed E-state index contributed by atoms with van der Waals surface area (Å²) in [5.41, 5.74) is 2.64. The molecule has 0 aromatic heterocycles. The van der Waals surface area contributed by atoms with Gasteiger partial charge in [0.25, 0.3) is 10.0 Å². The molecule has 0 spiro atoms. The molecule has 2 aromatic carbocycles. The number of hydrogen-bond acceptors (Lipinski definition) is 5. The molecule has 1 saturated heterocycles. The molecule has 0 unspecified atom stereocenters. The zero-order valence-electron chi connectivity index (χ0n) is 18.8. The second-order valence-corrected chi connectivity index (χ2v) is 11.4. The van der Waals surface area contributed by atoms with Crippen LogP contribution in [0.3, 0.4) is 0 Å². The summed E-state index contributed by atoms with van der Waals surface area (Å²) in [6.07, 6.45) is 0. The number of sulfonamides is 1. The number of allylic oxidation sites excluding steroid dienone is 1. The van der Waals surface area contributed by atoms with Gasteiger partial charge >= 0.3 is 0 Å². The average molecular weight is 476 g/mol. The molecule has 32 heavy (non-hydrogen) atoms. The van der Waals surface area contributed by atoms with Crippen molar-refractivity contribution in [2.75, 3.05) is 26.2 Å². The first-order valence-electron chi connectivity index (χ1n) is 10.4. The molecule has 0 radical (unpaired) electrons. The van der Waals surface area contributed by atoms with Crippen molar-refractivity contribution in [3.63, 3.8) is 0 Å². The number of rotatable bonds is 5. The Bertz CT molecular complexity index is 1120. The standard InChI is InChI=1S/C23H29N3O4S2/c1-18-5-9-22(10-6-18)31(27,28)17-20(3)25-13-15-26(16-14-25)21(4)24-32(29,30)23-11-7-19(2)8-12-23/h5-12,17H,13-16H2,1-4H3/b20-17+,24-21+. The lowest BCUT2D eigenvalue weighted by Crippen LogP contribution is -2.47. The van der Waals surface area contributed by atoms with Gasteiger partial charge in [0.2, 0.25) is 9.84 Å². The van der Waals surface area contributed by atoms with Crippen LogP contribution in [0.25, 0.3) is 0 Å². The fourth-order valence-corrected chi connectivity index (χ4v) is 5.77. The third-order valence-corrected chi connectivity index (χ3v) is 8.44. The SMILES string of the molecule is C/C(=C\S(=O)(=O)c1ccc(C)cc1)N1CCN(/C(C)=N/S(=O)(=O)c2ccc(C)cc2)CC1. The van der Waals surface area contributed by atoms with Crippen molar-refractivity contribution >= 4 is 25.7 Å². The van der Waals surface area contributed by atoms with Gasteiger partial charge in [-0.05, 0) is 52.0 Å². The lowest BCUT2D eigenvalue weighted by Gasteiger charge is -2.37. The summed E-state index contributed by atoms with van der Waals surface area (Å²) < 4.78 is 54.5. The number of aryl methyl sites for hydroxylation is 2. The fraction of sp³-hybridized carbons (Fsp3) is 0.348. The molecule has 0 atom stereocenters. The van der Waals surface area contributed by atoms with Gasteiger partial charge in [-0.15, -0.1) is 4.40 Å². The normalized spacial score (nSPS) is 16.4. The Morgan fingerprint density at radius 3 is 1.69 bits per heavy atom. The van der Waals surface area contributed by atoms with E-state index in [-0.39, 0.29) is 9.79 Å². The highest BCUT2D eigenvalue weighted by atomic mass is 32.2. The van der Waals surface area contributed by atoms with Crippen LogP contribution in [0.1, 0.15) is 25.0 Å². The molecule has 0 N–H and O–H groups in total. The number of piperazine rings is 1. The molecule has 172 valence electrons. The number of sulfone groups is 1. The van der Waals surface area contributed by atoms with E-state index in [2.05, 4.69) is 4.40 Å². The number of amidine groups is 1. The van der Waals surface area contributed by atoms with Crippen molar-refractivity contribution in [1.82, 2.24) is 9.80 Å². The first-order chi connectivity index (χ1) is 15.0. The maximum atomic E-state index is 12.7. The molecule has 0 saturated carbocycles. The van der Waals surface area contributed by atoms with Gasteiger partial charge in [-0.3, -0.25) is 0 Å². The monoisotopic (exact) mass is 475 g/mol. The Kier molecular flexibility index (Phi) is 7.09. The Hall–Kier alpha value is -2.65. The predicted octanol–water partition coefficient (Wildman–Crippen LogP) is 3.36. The minimum Gasteiger partial charge on any atom is -0.371 e. The highest BCUT2D eigenvalue weighted by Crippen LogP contribution is 2.19. The zero-order chi connectivity index (χ0) is 23.5. The van der Waals surface area contributed by atoms with Gasteiger partial charge in [-0.2, -0.15) is 8.42 Å². The summed E-state index contributed by atoms with van der Waals surface area (Å²) in [6.45, 7) is 9.52. The van der Waals surface area contributed by atoms with Crippen LogP contribution in [-0.4, -0.2) is 58.7 Å². The van der Waals surface area contributed by atoms with Crippen molar-refractivity contribution in [2.24, 2.45) is 4.40 Å². The Labute approximate surface area is 191 Å². The average Bonchev–Trinajstić information content (AvgIpc) is 2.74. The van der Waals surface area contributed by atoms with Gasteiger partial charge in [0, 0.05) is 31.9 Å². The predicted molar refractivity (Wildman–Crippen MR) is 127 cm³/mol. The minimum atomic E-state index is -3.77. The molecule has 0 amide bonds. The summed E-state index contributed by atoms with van der Waals surface area (Å²) in [5.74, 6) is 0.430. The Morgan fingerprint density at radius 2 is 1.19 bits per heavy atom. The van der Waals surface area contributed by atoms with E-state index >= 15 is 0 Å². The summed E-state index contributed by atoms with van der Waals surface area (Å²) >= 11 is 0. The Morgan fingerprint density at radius 1 is 0.750 bits per heavy atom. The van der Waals surface area contributed by atoms with E-state index in [1.807, 2.05) is 23.6 Å². The fourth-order valence-electron chi connectivity index (χ4n) is 3.47. The molecular formula is C23H29N3O4S2. The summed E-state index contributed by atoms with van der Waals surface area (Å²) in [6, 6.07) is 13.4. The second kappa shape index (κ2) is 9.46. The Balaban J connectivity index is 1.67. The molecule has 7 nitrogen and oxygen atoms in total. The maximum absolute atomic E-state index is 12.7. The van der Waals surface area contributed by atoms with E-state index in [1.165, 1.54) is 5.41 Å². The van der Waals surface area contributed by atoms with Crippen LogP contribution in [0.2, 0.25) is 0 Å². The van der Waals surface area contributed by atoms with E-state index in [0.717, 1.165) is 11.1 Å². The lowest BCUT2D eigenvalue weighted by molar-refractivity contribution is 0.222. The van der Waals surface area contributed by atoms with Gasteiger partial charge in [0.1, 0.15) is 5.84 Å². The van der Waals surface area contributed by atoms with E-state index < -0.39 is 19.9 Å². The van der Waals surface area contributed by atoms with Crippen LogP contribution in [-0.2, 0) is 19.9 Å². The molecule has 0 bridgehead atoms. The van der Waals surface area contributed by atoms with Gasteiger partial charge in [-0.25, -0.2) is 8.42 Å². The smallest absolute Gasteiger partial charge is 0.283 e. The van der Waals surface area contributed by atoms with Crippen LogP contribution >= 0.6 is 0 Å². The van der Waals surface area contributed by atoms with Crippen LogP contribution in [0.4, 0.5) is 0 Å². The highest BCUT2D eigenvalue weighted by Gasteiger charge is 2.22. The van der Waals surface area contributed by atoms with Crippen LogP contribution in [0.15, 0.2) is 73.8 Å². The summed E-state index contributed by atoms with van der Waals surface area (Å²) in [7, 11) is -7.30. The van der Waals surface area contributed by atoms with Crippen LogP contribution in [0, 0.1) is 13.8 Å². The number of benzene rings is 2. The maximum Gasteiger partial charge on any atom is 0.283 e. The van der Waals surface area contributed by atoms with E-state index in [0.29, 0.717) is 37.7 Å². The second-order valence-electron chi connectivity index (χ2n) is 8.02. The summed E-state index contributed by atoms with van der Waals surface area (Å²) in [5, 5.41) is 1.30. The molecule has 1 fully saturated rings. The number of hydrogen-bond donors (Lipinski definition) is 0. The topological polar surface area (TPSA) is 87.1 Å². The van der Waals surface area contributed by atoms with Crippen molar-refractivity contribution in [3.05, 3.63) is 70.8 Å². The quantitative estimate of drug-likeness (QED) is 0.487. The molecule has 2 aromatic rings. The van der Waals surface area contributed by atoms with E-state index in [1.54, 1.807) is 62.4 Å².